The second-order valence-electron chi connectivity index (χ2n) is 17.4. The maximum Gasteiger partial charge on any atom is 0.413 e. The van der Waals surface area contributed by atoms with E-state index in [-0.39, 0.29) is 12.0 Å². The number of hydrogen-bond acceptors (Lipinski definition) is 6. The first kappa shape index (κ1) is 42.8. The average Bonchev–Trinajstić information content (AvgIpc) is 3.45. The Labute approximate surface area is 347 Å². The van der Waals surface area contributed by atoms with Crippen LogP contribution < -0.4 is 0 Å². The Bertz CT molecular complexity index is 1860. The molecule has 6 rings (SSSR count). The first-order chi connectivity index (χ1) is 27.9. The molecule has 0 aliphatic carbocycles. The summed E-state index contributed by atoms with van der Waals surface area (Å²) in [5, 5.41) is 13.4. The van der Waals surface area contributed by atoms with Gasteiger partial charge >= 0.3 is 6.09 Å². The van der Waals surface area contributed by atoms with Crippen molar-refractivity contribution < 1.29 is 19.4 Å². The Kier molecular flexibility index (Phi) is 14.6. The Morgan fingerprint density at radius 3 is 1.33 bits per heavy atom. The Morgan fingerprint density at radius 1 is 0.621 bits per heavy atom. The molecule has 1 fully saturated rings. The summed E-state index contributed by atoms with van der Waals surface area (Å²) in [6.07, 6.45) is -1.27. The third kappa shape index (κ3) is 11.4. The second kappa shape index (κ2) is 19.8. The van der Waals surface area contributed by atoms with Crippen molar-refractivity contribution in [2.24, 2.45) is 5.92 Å². The number of rotatable bonds is 18. The fourth-order valence-electron chi connectivity index (χ4n) is 8.59. The van der Waals surface area contributed by atoms with E-state index in [9.17, 15) is 9.90 Å². The Balaban J connectivity index is 1.51. The zero-order chi connectivity index (χ0) is 41.1. The van der Waals surface area contributed by atoms with Gasteiger partial charge in [0.15, 0.2) is 0 Å². The van der Waals surface area contributed by atoms with Crippen LogP contribution in [-0.4, -0.2) is 68.1 Å². The summed E-state index contributed by atoms with van der Waals surface area (Å²) < 4.78 is 13.2. The van der Waals surface area contributed by atoms with Crippen LogP contribution in [0.25, 0.3) is 0 Å². The number of amides is 1. The molecule has 1 aliphatic rings. The van der Waals surface area contributed by atoms with E-state index in [0.717, 1.165) is 27.8 Å². The molecular formula is C51H63N3O4. The molecule has 0 spiro atoms. The molecule has 306 valence electrons. The number of aliphatic hydroxyl groups is 1. The second-order valence-corrected chi connectivity index (χ2v) is 17.4. The van der Waals surface area contributed by atoms with Gasteiger partial charge in [0.05, 0.1) is 18.2 Å². The van der Waals surface area contributed by atoms with Gasteiger partial charge in [-0.2, -0.15) is 0 Å². The molecule has 7 heteroatoms. The Morgan fingerprint density at radius 2 is 0.983 bits per heavy atom. The van der Waals surface area contributed by atoms with Crippen molar-refractivity contribution in [3.8, 4) is 0 Å². The monoisotopic (exact) mass is 781 g/mol. The Hall–Kier alpha value is -4.79. The van der Waals surface area contributed by atoms with E-state index in [1.54, 1.807) is 4.90 Å². The molecule has 0 saturated carbocycles. The highest BCUT2D eigenvalue weighted by Crippen LogP contribution is 2.37. The molecule has 5 aromatic carbocycles. The molecule has 1 amide bonds. The van der Waals surface area contributed by atoms with Gasteiger partial charge in [0.1, 0.15) is 17.9 Å². The third-order valence-electron chi connectivity index (χ3n) is 11.3. The molecule has 1 N–H and O–H groups in total. The molecular weight excluding hydrogens is 719 g/mol. The summed E-state index contributed by atoms with van der Waals surface area (Å²) in [6, 6.07) is 51.4. The standard InChI is InChI=1S/C51H63N3O4/c1-39(2)32-45(52(34-41-24-14-8-15-25-41)35-42-26-16-9-17-27-42)47(55)48(58-49(56)54-50(3,4)38-57-51(54,5)6)46(33-40-22-12-7-13-23-40)53(36-43-28-18-10-19-29-43)37-44-30-20-11-21-31-44/h7-31,39,45-48,55H,32-38H2,1-6H3/t45-,46-,47-,48-/m0/s1. The van der Waals surface area contributed by atoms with Crippen molar-refractivity contribution in [3.63, 3.8) is 0 Å². The highest BCUT2D eigenvalue weighted by atomic mass is 16.6. The molecule has 7 nitrogen and oxygen atoms in total. The average molecular weight is 782 g/mol. The highest BCUT2D eigenvalue weighted by Gasteiger charge is 2.52. The van der Waals surface area contributed by atoms with Crippen LogP contribution in [0.3, 0.4) is 0 Å². The number of ether oxygens (including phenoxy) is 2. The van der Waals surface area contributed by atoms with Crippen LogP contribution in [0.5, 0.6) is 0 Å². The summed E-state index contributed by atoms with van der Waals surface area (Å²) in [5.74, 6) is 0.243. The first-order valence-electron chi connectivity index (χ1n) is 20.9. The number of benzene rings is 5. The number of carbonyl (C=O) groups is 1. The van der Waals surface area contributed by atoms with Crippen molar-refractivity contribution in [1.82, 2.24) is 14.7 Å². The molecule has 1 aliphatic heterocycles. The van der Waals surface area contributed by atoms with Crippen LogP contribution in [0.2, 0.25) is 0 Å². The topological polar surface area (TPSA) is 65.5 Å². The van der Waals surface area contributed by atoms with Gasteiger partial charge in [0.2, 0.25) is 0 Å². The number of hydrogen-bond donors (Lipinski definition) is 1. The highest BCUT2D eigenvalue weighted by molar-refractivity contribution is 5.70. The van der Waals surface area contributed by atoms with Crippen molar-refractivity contribution in [3.05, 3.63) is 179 Å². The number of nitrogens with zero attached hydrogens (tertiary/aromatic N) is 3. The van der Waals surface area contributed by atoms with E-state index >= 15 is 0 Å². The van der Waals surface area contributed by atoms with Crippen molar-refractivity contribution in [1.29, 1.82) is 0 Å². The van der Waals surface area contributed by atoms with E-state index < -0.39 is 35.6 Å². The molecule has 5 aromatic rings. The van der Waals surface area contributed by atoms with Crippen molar-refractivity contribution >= 4 is 6.09 Å². The lowest BCUT2D eigenvalue weighted by Gasteiger charge is -2.45. The fraction of sp³-hybridized carbons (Fsp3) is 0.392. The van der Waals surface area contributed by atoms with Crippen molar-refractivity contribution in [2.45, 2.75) is 116 Å². The quantitative estimate of drug-likeness (QED) is 0.0955. The van der Waals surface area contributed by atoms with Crippen LogP contribution >= 0.6 is 0 Å². The lowest BCUT2D eigenvalue weighted by atomic mass is 9.87. The molecule has 0 radical (unpaired) electrons. The molecule has 0 unspecified atom stereocenters. The van der Waals surface area contributed by atoms with Crippen LogP contribution in [0, 0.1) is 5.92 Å². The van der Waals surface area contributed by atoms with Gasteiger partial charge in [0.25, 0.3) is 0 Å². The largest absolute Gasteiger partial charge is 0.442 e. The third-order valence-corrected chi connectivity index (χ3v) is 11.3. The minimum absolute atomic E-state index is 0.243. The molecule has 4 atom stereocenters. The summed E-state index contributed by atoms with van der Waals surface area (Å²) in [7, 11) is 0. The SMILES string of the molecule is CC(C)C[C@@H]([C@H](O)[C@@H](OC(=O)N1C(C)(C)COC1(C)C)[C@H](Cc1ccccc1)N(Cc1ccccc1)Cc1ccccc1)N(Cc1ccccc1)Cc1ccccc1. The normalized spacial score (nSPS) is 17.0. The van der Waals surface area contributed by atoms with Gasteiger partial charge in [-0.05, 0) is 74.3 Å². The molecule has 0 bridgehead atoms. The van der Waals surface area contributed by atoms with E-state index in [1.807, 2.05) is 58.0 Å². The first-order valence-corrected chi connectivity index (χ1v) is 20.9. The van der Waals surface area contributed by atoms with Gasteiger partial charge in [-0.25, -0.2) is 4.79 Å². The summed E-state index contributed by atoms with van der Waals surface area (Å²) in [5.41, 5.74) is 4.16. The van der Waals surface area contributed by atoms with Crippen LogP contribution in [0.4, 0.5) is 4.79 Å². The number of aliphatic hydroxyl groups excluding tert-OH is 1. The van der Waals surface area contributed by atoms with E-state index in [1.165, 1.54) is 0 Å². The van der Waals surface area contributed by atoms with Gasteiger partial charge in [0, 0.05) is 32.2 Å². The maximum atomic E-state index is 15.0. The lowest BCUT2D eigenvalue weighted by Crippen LogP contribution is -2.60. The minimum Gasteiger partial charge on any atom is -0.442 e. The summed E-state index contributed by atoms with van der Waals surface area (Å²) in [4.78, 5) is 21.5. The predicted octanol–water partition coefficient (Wildman–Crippen LogP) is 10.1. The molecule has 58 heavy (non-hydrogen) atoms. The molecule has 1 heterocycles. The maximum absolute atomic E-state index is 15.0. The van der Waals surface area contributed by atoms with E-state index in [2.05, 4.69) is 145 Å². The minimum atomic E-state index is -1.07. The number of carbonyl (C=O) groups excluding carboxylic acids is 1. The van der Waals surface area contributed by atoms with Gasteiger partial charge < -0.3 is 14.6 Å². The smallest absolute Gasteiger partial charge is 0.413 e. The van der Waals surface area contributed by atoms with Gasteiger partial charge in [-0.15, -0.1) is 0 Å². The van der Waals surface area contributed by atoms with Crippen LogP contribution in [-0.2, 0) is 42.1 Å². The van der Waals surface area contributed by atoms with Crippen molar-refractivity contribution in [2.75, 3.05) is 6.61 Å². The molecule has 1 saturated heterocycles. The summed E-state index contributed by atoms with van der Waals surface area (Å²) in [6.45, 7) is 15.0. The van der Waals surface area contributed by atoms with Gasteiger partial charge in [-0.3, -0.25) is 14.7 Å². The predicted molar refractivity (Wildman–Crippen MR) is 234 cm³/mol. The van der Waals surface area contributed by atoms with E-state index in [0.29, 0.717) is 45.6 Å². The lowest BCUT2D eigenvalue weighted by molar-refractivity contribution is -0.112. The van der Waals surface area contributed by atoms with Gasteiger partial charge in [-0.1, -0.05) is 166 Å². The van der Waals surface area contributed by atoms with Crippen LogP contribution in [0.1, 0.15) is 75.8 Å². The molecule has 0 aromatic heterocycles. The zero-order valence-electron chi connectivity index (χ0n) is 35.3. The fourth-order valence-corrected chi connectivity index (χ4v) is 8.59. The summed E-state index contributed by atoms with van der Waals surface area (Å²) >= 11 is 0. The van der Waals surface area contributed by atoms with E-state index in [4.69, 9.17) is 9.47 Å². The zero-order valence-corrected chi connectivity index (χ0v) is 35.3. The van der Waals surface area contributed by atoms with Crippen LogP contribution in [0.15, 0.2) is 152 Å².